The standard InChI is InChI=1S/C40H73N2O6P/c1-6-8-10-12-14-16-18-20-22-23-25-27-29-31-33-39(43)38(37-48-49(45,46)47-36-35-42(3,4)5)41-40(44)34-32-30-28-26-24-21-19-17-15-13-11-9-7-2/h11,13,16-19,23,25,31,33,38-39,43H,6-10,12,14-15,20-22,24,26-30,32,34-37H2,1-5H3,(H-,41,44,45,46)/p+1/b13-11-,18-16+,19-17-,25-23+,33-31+. The molecule has 0 aromatic carbocycles. The Morgan fingerprint density at radius 1 is 0.694 bits per heavy atom. The number of hydrogen-bond acceptors (Lipinski definition) is 5. The summed E-state index contributed by atoms with van der Waals surface area (Å²) in [6.45, 7) is 4.64. The molecule has 0 aromatic heterocycles. The van der Waals surface area contributed by atoms with Crippen LogP contribution in [0.15, 0.2) is 60.8 Å². The van der Waals surface area contributed by atoms with Crippen LogP contribution in [0.25, 0.3) is 0 Å². The summed E-state index contributed by atoms with van der Waals surface area (Å²) in [5.74, 6) is -0.211. The van der Waals surface area contributed by atoms with E-state index < -0.39 is 20.0 Å². The Morgan fingerprint density at radius 2 is 1.22 bits per heavy atom. The van der Waals surface area contributed by atoms with Crippen molar-refractivity contribution in [3.63, 3.8) is 0 Å². The highest BCUT2D eigenvalue weighted by molar-refractivity contribution is 7.47. The average molecular weight is 710 g/mol. The first kappa shape index (κ1) is 47.2. The molecule has 1 amide bonds. The number of likely N-dealkylation sites (N-methyl/N-ethyl adjacent to an activating group) is 1. The third-order valence-electron chi connectivity index (χ3n) is 7.92. The fourth-order valence-electron chi connectivity index (χ4n) is 4.81. The van der Waals surface area contributed by atoms with Gasteiger partial charge in [-0.2, -0.15) is 0 Å². The summed E-state index contributed by atoms with van der Waals surface area (Å²) in [4.78, 5) is 23.0. The number of aliphatic hydroxyl groups excluding tert-OH is 1. The number of amides is 1. The van der Waals surface area contributed by atoms with E-state index in [9.17, 15) is 19.4 Å². The third kappa shape index (κ3) is 34.4. The van der Waals surface area contributed by atoms with E-state index in [4.69, 9.17) is 9.05 Å². The van der Waals surface area contributed by atoms with Crippen LogP contribution in [0.2, 0.25) is 0 Å². The molecule has 0 aliphatic heterocycles. The van der Waals surface area contributed by atoms with Gasteiger partial charge in [-0.25, -0.2) is 4.57 Å². The van der Waals surface area contributed by atoms with Crippen LogP contribution in [-0.4, -0.2) is 73.4 Å². The van der Waals surface area contributed by atoms with Crippen LogP contribution < -0.4 is 5.32 Å². The number of phosphoric acid groups is 1. The maximum absolute atomic E-state index is 12.8. The Morgan fingerprint density at radius 3 is 1.84 bits per heavy atom. The summed E-state index contributed by atoms with van der Waals surface area (Å²) in [6.07, 6.45) is 40.0. The first-order valence-corrected chi connectivity index (χ1v) is 20.7. The van der Waals surface area contributed by atoms with Gasteiger partial charge in [0.25, 0.3) is 0 Å². The van der Waals surface area contributed by atoms with E-state index in [-0.39, 0.29) is 19.1 Å². The second kappa shape index (κ2) is 32.1. The second-order valence-corrected chi connectivity index (χ2v) is 15.4. The fraction of sp³-hybridized carbons (Fsp3) is 0.725. The average Bonchev–Trinajstić information content (AvgIpc) is 3.04. The number of nitrogens with one attached hydrogen (secondary N) is 1. The van der Waals surface area contributed by atoms with Crippen molar-refractivity contribution in [2.45, 2.75) is 148 Å². The van der Waals surface area contributed by atoms with Crippen molar-refractivity contribution in [2.75, 3.05) is 40.9 Å². The van der Waals surface area contributed by atoms with E-state index in [1.807, 2.05) is 27.2 Å². The Balaban J connectivity index is 4.67. The van der Waals surface area contributed by atoms with Gasteiger partial charge in [0.15, 0.2) is 0 Å². The molecule has 0 heterocycles. The molecule has 3 unspecified atom stereocenters. The first-order valence-electron chi connectivity index (χ1n) is 19.2. The van der Waals surface area contributed by atoms with Crippen LogP contribution in [0.3, 0.4) is 0 Å². The minimum atomic E-state index is -4.35. The predicted octanol–water partition coefficient (Wildman–Crippen LogP) is 9.90. The molecule has 3 atom stereocenters. The summed E-state index contributed by atoms with van der Waals surface area (Å²) in [7, 11) is 1.52. The molecular weight excluding hydrogens is 635 g/mol. The van der Waals surface area contributed by atoms with Gasteiger partial charge >= 0.3 is 7.82 Å². The van der Waals surface area contributed by atoms with E-state index in [0.29, 0.717) is 17.4 Å². The number of aliphatic hydroxyl groups is 1. The summed E-state index contributed by atoms with van der Waals surface area (Å²) < 4.78 is 23.4. The summed E-state index contributed by atoms with van der Waals surface area (Å²) in [5, 5.41) is 13.7. The molecule has 49 heavy (non-hydrogen) atoms. The van der Waals surface area contributed by atoms with Gasteiger partial charge < -0.3 is 19.8 Å². The van der Waals surface area contributed by atoms with E-state index in [0.717, 1.165) is 77.0 Å². The molecule has 0 saturated carbocycles. The molecule has 0 bridgehead atoms. The van der Waals surface area contributed by atoms with Crippen LogP contribution in [-0.2, 0) is 18.4 Å². The molecule has 284 valence electrons. The molecule has 9 heteroatoms. The quantitative estimate of drug-likeness (QED) is 0.0271. The smallest absolute Gasteiger partial charge is 0.387 e. The molecule has 0 aromatic rings. The SMILES string of the molecule is CCC/C=C\C/C=C\CCCCCCCC(=O)NC(COP(=O)(O)OCC[N+](C)(C)C)C(O)/C=C/CC/C=C/CC/C=C/CCCCCC. The number of quaternary nitrogens is 1. The lowest BCUT2D eigenvalue weighted by atomic mass is 10.1. The number of carbonyl (C=O) groups excluding carboxylic acids is 1. The molecule has 0 rings (SSSR count). The molecule has 8 nitrogen and oxygen atoms in total. The highest BCUT2D eigenvalue weighted by atomic mass is 31.2. The molecule has 0 radical (unpaired) electrons. The van der Waals surface area contributed by atoms with Gasteiger partial charge in [0, 0.05) is 6.42 Å². The van der Waals surface area contributed by atoms with Crippen LogP contribution >= 0.6 is 7.82 Å². The van der Waals surface area contributed by atoms with Crippen molar-refractivity contribution in [2.24, 2.45) is 0 Å². The van der Waals surface area contributed by atoms with Crippen LogP contribution in [0, 0.1) is 0 Å². The Bertz CT molecular complexity index is 986. The zero-order valence-corrected chi connectivity index (χ0v) is 32.8. The zero-order chi connectivity index (χ0) is 36.5. The lowest BCUT2D eigenvalue weighted by Gasteiger charge is -2.25. The predicted molar refractivity (Wildman–Crippen MR) is 207 cm³/mol. The maximum atomic E-state index is 12.8. The minimum absolute atomic E-state index is 0.0479. The number of phosphoric ester groups is 1. The normalized spacial score (nSPS) is 15.3. The topological polar surface area (TPSA) is 105 Å². The molecule has 0 saturated heterocycles. The summed E-state index contributed by atoms with van der Waals surface area (Å²) >= 11 is 0. The van der Waals surface area contributed by atoms with Crippen LogP contribution in [0.4, 0.5) is 0 Å². The number of hydrogen-bond donors (Lipinski definition) is 3. The summed E-state index contributed by atoms with van der Waals surface area (Å²) in [6, 6.07) is -0.876. The van der Waals surface area contributed by atoms with Crippen molar-refractivity contribution >= 4 is 13.7 Å². The van der Waals surface area contributed by atoms with Gasteiger partial charge in [-0.3, -0.25) is 13.8 Å². The number of allylic oxidation sites excluding steroid dienone is 9. The Hall–Kier alpha value is -1.80. The number of rotatable bonds is 33. The van der Waals surface area contributed by atoms with Crippen LogP contribution in [0.5, 0.6) is 0 Å². The number of unbranched alkanes of at least 4 members (excludes halogenated alkanes) is 12. The van der Waals surface area contributed by atoms with Crippen molar-refractivity contribution < 1.29 is 32.9 Å². The third-order valence-corrected chi connectivity index (χ3v) is 8.90. The fourth-order valence-corrected chi connectivity index (χ4v) is 5.55. The maximum Gasteiger partial charge on any atom is 0.472 e. The monoisotopic (exact) mass is 710 g/mol. The van der Waals surface area contributed by atoms with Crippen molar-refractivity contribution in [3.05, 3.63) is 60.8 Å². The molecule has 0 spiro atoms. The van der Waals surface area contributed by atoms with Gasteiger partial charge in [0.2, 0.25) is 5.91 Å². The van der Waals surface area contributed by atoms with E-state index >= 15 is 0 Å². The van der Waals surface area contributed by atoms with Gasteiger partial charge in [0.1, 0.15) is 13.2 Å². The van der Waals surface area contributed by atoms with Gasteiger partial charge in [-0.05, 0) is 70.6 Å². The Labute approximate surface area is 301 Å². The van der Waals surface area contributed by atoms with Crippen molar-refractivity contribution in [1.29, 1.82) is 0 Å². The van der Waals surface area contributed by atoms with Gasteiger partial charge in [0.05, 0.1) is 39.9 Å². The number of nitrogens with zero attached hydrogens (tertiary/aromatic N) is 1. The molecular formula is C40H74N2O6P+. The van der Waals surface area contributed by atoms with Crippen molar-refractivity contribution in [3.8, 4) is 0 Å². The van der Waals surface area contributed by atoms with E-state index in [1.165, 1.54) is 38.5 Å². The van der Waals surface area contributed by atoms with Crippen LogP contribution in [0.1, 0.15) is 136 Å². The van der Waals surface area contributed by atoms with Crippen molar-refractivity contribution in [1.82, 2.24) is 5.32 Å². The minimum Gasteiger partial charge on any atom is -0.387 e. The second-order valence-electron chi connectivity index (χ2n) is 13.9. The lowest BCUT2D eigenvalue weighted by molar-refractivity contribution is -0.870. The Kier molecular flexibility index (Phi) is 31.0. The van der Waals surface area contributed by atoms with E-state index in [2.05, 4.69) is 67.8 Å². The lowest BCUT2D eigenvalue weighted by Crippen LogP contribution is -2.45. The van der Waals surface area contributed by atoms with E-state index in [1.54, 1.807) is 6.08 Å². The molecule has 0 aliphatic carbocycles. The first-order chi connectivity index (χ1) is 23.5. The zero-order valence-electron chi connectivity index (χ0n) is 31.9. The molecule has 0 fully saturated rings. The number of carbonyl (C=O) groups is 1. The molecule has 3 N–H and O–H groups in total. The van der Waals surface area contributed by atoms with Gasteiger partial charge in [-0.15, -0.1) is 0 Å². The largest absolute Gasteiger partial charge is 0.472 e. The highest BCUT2D eigenvalue weighted by Crippen LogP contribution is 2.43. The highest BCUT2D eigenvalue weighted by Gasteiger charge is 2.27. The molecule has 0 aliphatic rings. The van der Waals surface area contributed by atoms with Gasteiger partial charge in [-0.1, -0.05) is 120 Å². The summed E-state index contributed by atoms with van der Waals surface area (Å²) in [5.41, 5.74) is 0.